The highest BCUT2D eigenvalue weighted by Crippen LogP contribution is 2.43. The van der Waals surface area contributed by atoms with Crippen LogP contribution in [-0.4, -0.2) is 17.6 Å². The molecule has 30 heavy (non-hydrogen) atoms. The van der Waals surface area contributed by atoms with E-state index in [1.807, 2.05) is 11.4 Å². The van der Waals surface area contributed by atoms with Gasteiger partial charge in [0.25, 0.3) is 5.91 Å². The van der Waals surface area contributed by atoms with E-state index in [0.29, 0.717) is 16.3 Å². The van der Waals surface area contributed by atoms with Crippen LogP contribution >= 0.6 is 23.1 Å². The van der Waals surface area contributed by atoms with Crippen molar-refractivity contribution in [3.8, 4) is 0 Å². The van der Waals surface area contributed by atoms with Gasteiger partial charge in [-0.25, -0.2) is 0 Å². The van der Waals surface area contributed by atoms with Crippen molar-refractivity contribution >= 4 is 46.3 Å². The first-order chi connectivity index (χ1) is 14.3. The number of rotatable bonds is 4. The average molecular weight is 448 g/mol. The van der Waals surface area contributed by atoms with Crippen LogP contribution in [0.3, 0.4) is 0 Å². The molecule has 0 aliphatic carbocycles. The van der Waals surface area contributed by atoms with E-state index in [1.54, 1.807) is 30.3 Å². The van der Waals surface area contributed by atoms with Crippen LogP contribution in [0.5, 0.6) is 0 Å². The number of hydrogen-bond acceptors (Lipinski definition) is 4. The van der Waals surface area contributed by atoms with Gasteiger partial charge >= 0.3 is 6.18 Å². The molecule has 0 radical (unpaired) electrons. The summed E-state index contributed by atoms with van der Waals surface area (Å²) in [6.07, 6.45) is -4.43. The lowest BCUT2D eigenvalue weighted by Crippen LogP contribution is -2.28. The quantitative estimate of drug-likeness (QED) is 0.549. The van der Waals surface area contributed by atoms with Crippen molar-refractivity contribution in [1.29, 1.82) is 0 Å². The fourth-order valence-electron chi connectivity index (χ4n) is 3.13. The van der Waals surface area contributed by atoms with Gasteiger partial charge < -0.3 is 5.32 Å². The lowest BCUT2D eigenvalue weighted by Gasteiger charge is -2.25. The molecule has 0 unspecified atom stereocenters. The van der Waals surface area contributed by atoms with Crippen LogP contribution in [0.2, 0.25) is 0 Å². The van der Waals surface area contributed by atoms with Gasteiger partial charge in [-0.1, -0.05) is 18.2 Å². The van der Waals surface area contributed by atoms with Gasteiger partial charge in [0, 0.05) is 11.4 Å². The van der Waals surface area contributed by atoms with Gasteiger partial charge in [-0.2, -0.15) is 13.2 Å². The maximum atomic E-state index is 12.8. The van der Waals surface area contributed by atoms with Gasteiger partial charge in [-0.3, -0.25) is 14.5 Å². The largest absolute Gasteiger partial charge is 0.416 e. The molecule has 0 spiro atoms. The summed E-state index contributed by atoms with van der Waals surface area (Å²) in [5.41, 5.74) is 0.990. The van der Waals surface area contributed by atoms with E-state index in [4.69, 9.17) is 0 Å². The third-order valence-electron chi connectivity index (χ3n) is 4.52. The molecule has 2 aromatic carbocycles. The standard InChI is InChI=1S/C21H15F3N2O2S2/c22-21(23,24)14-6-8-16(9-7-14)26-18(27)12-30-20(26)13-3-1-4-15(11-13)25-19(28)17-5-2-10-29-17/h1-11,20H,12H2,(H,25,28)/t20-/m0/s1. The Kier molecular flexibility index (Phi) is 5.57. The summed E-state index contributed by atoms with van der Waals surface area (Å²) in [6.45, 7) is 0. The van der Waals surface area contributed by atoms with Crippen LogP contribution in [0, 0.1) is 0 Å². The molecule has 4 rings (SSSR count). The van der Waals surface area contributed by atoms with Gasteiger partial charge in [0.05, 0.1) is 16.2 Å². The molecule has 1 atom stereocenters. The van der Waals surface area contributed by atoms with Crippen LogP contribution in [0.25, 0.3) is 0 Å². The fourth-order valence-corrected chi connectivity index (χ4v) is 4.92. The van der Waals surface area contributed by atoms with E-state index in [2.05, 4.69) is 5.32 Å². The molecule has 154 valence electrons. The predicted octanol–water partition coefficient (Wildman–Crippen LogP) is 5.80. The summed E-state index contributed by atoms with van der Waals surface area (Å²) in [4.78, 5) is 26.8. The van der Waals surface area contributed by atoms with E-state index in [0.717, 1.165) is 17.7 Å². The minimum absolute atomic E-state index is 0.183. The van der Waals surface area contributed by atoms with E-state index < -0.39 is 17.1 Å². The van der Waals surface area contributed by atoms with Gasteiger partial charge in [-0.15, -0.1) is 23.1 Å². The van der Waals surface area contributed by atoms with E-state index >= 15 is 0 Å². The number of alkyl halides is 3. The summed E-state index contributed by atoms with van der Waals surface area (Å²) < 4.78 is 38.5. The molecular formula is C21H15F3N2O2S2. The van der Waals surface area contributed by atoms with Gasteiger partial charge in [-0.05, 0) is 53.4 Å². The summed E-state index contributed by atoms with van der Waals surface area (Å²) in [5, 5.41) is 4.25. The molecule has 1 N–H and O–H groups in total. The Morgan fingerprint density at radius 2 is 1.83 bits per heavy atom. The number of hydrogen-bond donors (Lipinski definition) is 1. The molecule has 1 aliphatic rings. The maximum Gasteiger partial charge on any atom is 0.416 e. The molecule has 0 bridgehead atoms. The van der Waals surface area contributed by atoms with Crippen LogP contribution in [-0.2, 0) is 11.0 Å². The second kappa shape index (κ2) is 8.16. The van der Waals surface area contributed by atoms with Crippen LogP contribution in [0.1, 0.15) is 26.2 Å². The van der Waals surface area contributed by atoms with Crippen molar-refractivity contribution in [2.75, 3.05) is 16.0 Å². The lowest BCUT2D eigenvalue weighted by molar-refractivity contribution is -0.137. The predicted molar refractivity (Wildman–Crippen MR) is 113 cm³/mol. The van der Waals surface area contributed by atoms with Crippen molar-refractivity contribution in [2.24, 2.45) is 0 Å². The first kappa shape index (κ1) is 20.5. The van der Waals surface area contributed by atoms with Crippen molar-refractivity contribution in [2.45, 2.75) is 11.6 Å². The minimum atomic E-state index is -4.43. The highest BCUT2D eigenvalue weighted by Gasteiger charge is 2.35. The summed E-state index contributed by atoms with van der Waals surface area (Å²) in [6, 6.07) is 15.2. The van der Waals surface area contributed by atoms with Crippen LogP contribution in [0.4, 0.5) is 24.5 Å². The zero-order chi connectivity index (χ0) is 21.3. The second-order valence-corrected chi connectivity index (χ2v) is 8.54. The van der Waals surface area contributed by atoms with Gasteiger partial charge in [0.15, 0.2) is 0 Å². The zero-order valence-corrected chi connectivity index (χ0v) is 17.0. The molecule has 0 saturated carbocycles. The molecule has 1 fully saturated rings. The first-order valence-corrected chi connectivity index (χ1v) is 10.8. The normalized spacial score (nSPS) is 16.7. The summed E-state index contributed by atoms with van der Waals surface area (Å²) in [5.74, 6) is -0.188. The number of thioether (sulfide) groups is 1. The average Bonchev–Trinajstić information content (AvgIpc) is 3.38. The number of carbonyl (C=O) groups is 2. The number of amides is 2. The third kappa shape index (κ3) is 4.22. The first-order valence-electron chi connectivity index (χ1n) is 8.89. The fraction of sp³-hybridized carbons (Fsp3) is 0.143. The number of nitrogens with one attached hydrogen (secondary N) is 1. The molecule has 9 heteroatoms. The van der Waals surface area contributed by atoms with E-state index in [9.17, 15) is 22.8 Å². The minimum Gasteiger partial charge on any atom is -0.321 e. The molecule has 4 nitrogen and oxygen atoms in total. The molecule has 2 heterocycles. The number of carbonyl (C=O) groups excluding carboxylic acids is 2. The number of anilines is 2. The number of nitrogens with zero attached hydrogens (tertiary/aromatic N) is 1. The third-order valence-corrected chi connectivity index (χ3v) is 6.60. The Bertz CT molecular complexity index is 1070. The monoisotopic (exact) mass is 448 g/mol. The van der Waals surface area contributed by atoms with E-state index in [-0.39, 0.29) is 17.6 Å². The highest BCUT2D eigenvalue weighted by molar-refractivity contribution is 8.00. The molecule has 1 saturated heterocycles. The molecule has 2 amide bonds. The SMILES string of the molecule is O=C(Nc1cccc([C@@H]2SCC(=O)N2c2ccc(C(F)(F)F)cc2)c1)c1cccs1. The number of thiophene rings is 1. The van der Waals surface area contributed by atoms with Crippen molar-refractivity contribution in [1.82, 2.24) is 0 Å². The second-order valence-electron chi connectivity index (χ2n) is 6.53. The maximum absolute atomic E-state index is 12.8. The van der Waals surface area contributed by atoms with Gasteiger partial charge in [0.2, 0.25) is 5.91 Å². The Labute approximate surface area is 178 Å². The van der Waals surface area contributed by atoms with E-state index in [1.165, 1.54) is 40.1 Å². The summed E-state index contributed by atoms with van der Waals surface area (Å²) >= 11 is 2.72. The molecule has 1 aliphatic heterocycles. The highest BCUT2D eigenvalue weighted by atomic mass is 32.2. The Morgan fingerprint density at radius 1 is 1.07 bits per heavy atom. The zero-order valence-electron chi connectivity index (χ0n) is 15.3. The van der Waals surface area contributed by atoms with Crippen molar-refractivity contribution in [3.63, 3.8) is 0 Å². The lowest BCUT2D eigenvalue weighted by atomic mass is 10.1. The Morgan fingerprint density at radius 3 is 2.50 bits per heavy atom. The number of halogens is 3. The Balaban J connectivity index is 1.58. The van der Waals surface area contributed by atoms with Crippen molar-refractivity contribution < 1.29 is 22.8 Å². The topological polar surface area (TPSA) is 49.4 Å². The van der Waals surface area contributed by atoms with Crippen molar-refractivity contribution in [3.05, 3.63) is 82.0 Å². The number of benzene rings is 2. The smallest absolute Gasteiger partial charge is 0.321 e. The van der Waals surface area contributed by atoms with Crippen LogP contribution in [0.15, 0.2) is 66.0 Å². The Hall–Kier alpha value is -2.78. The molecule has 1 aromatic heterocycles. The molecule has 3 aromatic rings. The van der Waals surface area contributed by atoms with Crippen LogP contribution < -0.4 is 10.2 Å². The summed E-state index contributed by atoms with van der Waals surface area (Å²) in [7, 11) is 0. The van der Waals surface area contributed by atoms with Gasteiger partial charge in [0.1, 0.15) is 5.37 Å². The molecular weight excluding hydrogens is 433 g/mol.